The summed E-state index contributed by atoms with van der Waals surface area (Å²) < 4.78 is 5.62. The molecule has 0 saturated heterocycles. The van der Waals surface area contributed by atoms with Crippen LogP contribution in [0.4, 0.5) is 5.69 Å². The number of methoxy groups -OCH3 is 1. The maximum absolute atomic E-state index is 11.5. The van der Waals surface area contributed by atoms with Crippen molar-refractivity contribution >= 4 is 11.7 Å². The summed E-state index contributed by atoms with van der Waals surface area (Å²) >= 11 is 0. The third kappa shape index (κ3) is 2.70. The number of ether oxygens (including phenoxy) is 1. The molecule has 0 N–H and O–H groups in total. The van der Waals surface area contributed by atoms with Crippen molar-refractivity contribution in [2.45, 2.75) is 19.9 Å². The summed E-state index contributed by atoms with van der Waals surface area (Å²) in [4.78, 5) is 36.2. The second-order valence-electron chi connectivity index (χ2n) is 3.81. The molecule has 0 aliphatic heterocycles. The number of carbonyl (C=O) groups is 1. The Morgan fingerprint density at radius 3 is 2.67 bits per heavy atom. The van der Waals surface area contributed by atoms with Gasteiger partial charge in [-0.3, -0.25) is 19.5 Å². The van der Waals surface area contributed by atoms with Gasteiger partial charge in [0.25, 0.3) is 0 Å². The number of hydrogen-bond acceptors (Lipinski definition) is 6. The standard InChI is InChI=1S/C10H13N3O5/c1-6(9(14)18-3)7(2)12-5-8(13(16)17)4-11-10(12)15/h4-7H,1-3H3. The molecule has 0 radical (unpaired) electrons. The summed E-state index contributed by atoms with van der Waals surface area (Å²) in [5.41, 5.74) is -0.956. The van der Waals surface area contributed by atoms with Gasteiger partial charge in [-0.2, -0.15) is 4.98 Å². The summed E-state index contributed by atoms with van der Waals surface area (Å²) in [6.45, 7) is 3.16. The number of rotatable bonds is 4. The Morgan fingerprint density at radius 1 is 1.56 bits per heavy atom. The molecule has 0 amide bonds. The van der Waals surface area contributed by atoms with Crippen LogP contribution in [0.3, 0.4) is 0 Å². The average molecular weight is 255 g/mol. The van der Waals surface area contributed by atoms with Crippen LogP contribution in [0.25, 0.3) is 0 Å². The van der Waals surface area contributed by atoms with E-state index in [0.717, 1.165) is 17.0 Å². The fraction of sp³-hybridized carbons (Fsp3) is 0.500. The van der Waals surface area contributed by atoms with Crippen molar-refractivity contribution in [3.05, 3.63) is 33.0 Å². The van der Waals surface area contributed by atoms with E-state index in [9.17, 15) is 19.7 Å². The molecule has 8 nitrogen and oxygen atoms in total. The SMILES string of the molecule is COC(=O)C(C)C(C)n1cc([N+](=O)[O-])cnc1=O. The van der Waals surface area contributed by atoms with Crippen molar-refractivity contribution in [2.75, 3.05) is 7.11 Å². The largest absolute Gasteiger partial charge is 0.469 e. The summed E-state index contributed by atoms with van der Waals surface area (Å²) in [5, 5.41) is 10.6. The highest BCUT2D eigenvalue weighted by atomic mass is 16.6. The quantitative estimate of drug-likeness (QED) is 0.441. The summed E-state index contributed by atoms with van der Waals surface area (Å²) in [6.07, 6.45) is 1.95. The number of aromatic nitrogens is 2. The molecule has 0 bridgehead atoms. The molecule has 0 fully saturated rings. The molecule has 0 aliphatic carbocycles. The Morgan fingerprint density at radius 2 is 2.17 bits per heavy atom. The zero-order chi connectivity index (χ0) is 13.9. The smallest absolute Gasteiger partial charge is 0.348 e. The van der Waals surface area contributed by atoms with Crippen LogP contribution in [0.2, 0.25) is 0 Å². The fourth-order valence-electron chi connectivity index (χ4n) is 1.43. The first-order valence-electron chi connectivity index (χ1n) is 5.19. The molecule has 0 saturated carbocycles. The summed E-state index contributed by atoms with van der Waals surface area (Å²) in [5.74, 6) is -1.11. The molecule has 0 aliphatic rings. The van der Waals surface area contributed by atoms with Gasteiger partial charge in [-0.1, -0.05) is 0 Å². The van der Waals surface area contributed by atoms with Crippen LogP contribution in [0.5, 0.6) is 0 Å². The van der Waals surface area contributed by atoms with E-state index in [1.807, 2.05) is 0 Å². The zero-order valence-corrected chi connectivity index (χ0v) is 10.2. The lowest BCUT2D eigenvalue weighted by atomic mass is 10.0. The predicted octanol–water partition coefficient (Wildman–Crippen LogP) is 0.522. The highest BCUT2D eigenvalue weighted by Crippen LogP contribution is 2.18. The maximum atomic E-state index is 11.5. The zero-order valence-electron chi connectivity index (χ0n) is 10.2. The third-order valence-electron chi connectivity index (χ3n) is 2.75. The molecule has 2 unspecified atom stereocenters. The van der Waals surface area contributed by atoms with Crippen LogP contribution in [-0.4, -0.2) is 27.6 Å². The molecule has 1 aromatic rings. The van der Waals surface area contributed by atoms with Crippen molar-refractivity contribution in [1.29, 1.82) is 0 Å². The first-order valence-corrected chi connectivity index (χ1v) is 5.19. The molecule has 2 atom stereocenters. The van der Waals surface area contributed by atoms with E-state index in [-0.39, 0.29) is 5.69 Å². The van der Waals surface area contributed by atoms with Crippen LogP contribution >= 0.6 is 0 Å². The van der Waals surface area contributed by atoms with E-state index in [1.165, 1.54) is 7.11 Å². The van der Waals surface area contributed by atoms with Gasteiger partial charge in [-0.05, 0) is 13.8 Å². The van der Waals surface area contributed by atoms with E-state index in [4.69, 9.17) is 0 Å². The van der Waals surface area contributed by atoms with Crippen LogP contribution in [0.1, 0.15) is 19.9 Å². The van der Waals surface area contributed by atoms with Crippen molar-refractivity contribution in [1.82, 2.24) is 9.55 Å². The van der Waals surface area contributed by atoms with Gasteiger partial charge >= 0.3 is 17.3 Å². The van der Waals surface area contributed by atoms with Crippen LogP contribution in [0.15, 0.2) is 17.2 Å². The Hall–Kier alpha value is -2.25. The molecular formula is C10H13N3O5. The second-order valence-corrected chi connectivity index (χ2v) is 3.81. The van der Waals surface area contributed by atoms with Crippen molar-refractivity contribution in [2.24, 2.45) is 5.92 Å². The molecule has 98 valence electrons. The van der Waals surface area contributed by atoms with E-state index in [0.29, 0.717) is 0 Å². The predicted molar refractivity (Wildman–Crippen MR) is 61.0 cm³/mol. The van der Waals surface area contributed by atoms with E-state index >= 15 is 0 Å². The third-order valence-corrected chi connectivity index (χ3v) is 2.75. The Kier molecular flexibility index (Phi) is 4.13. The maximum Gasteiger partial charge on any atom is 0.348 e. The van der Waals surface area contributed by atoms with Crippen LogP contribution in [0, 0.1) is 16.0 Å². The molecular weight excluding hydrogens is 242 g/mol. The molecule has 18 heavy (non-hydrogen) atoms. The number of nitro groups is 1. The Bertz CT molecular complexity index is 524. The van der Waals surface area contributed by atoms with Crippen LogP contribution < -0.4 is 5.69 Å². The lowest BCUT2D eigenvalue weighted by Crippen LogP contribution is -2.32. The fourth-order valence-corrected chi connectivity index (χ4v) is 1.43. The van der Waals surface area contributed by atoms with E-state index < -0.39 is 28.5 Å². The normalized spacial score (nSPS) is 13.7. The summed E-state index contributed by atoms with van der Waals surface area (Å²) in [7, 11) is 1.24. The molecule has 0 spiro atoms. The molecule has 1 aromatic heterocycles. The number of esters is 1. The molecule has 8 heteroatoms. The minimum absolute atomic E-state index is 0.307. The minimum Gasteiger partial charge on any atom is -0.469 e. The topological polar surface area (TPSA) is 104 Å². The van der Waals surface area contributed by atoms with Gasteiger partial charge in [0.1, 0.15) is 6.20 Å². The van der Waals surface area contributed by atoms with E-state index in [2.05, 4.69) is 9.72 Å². The Labute approximate surface area is 102 Å². The molecule has 0 aromatic carbocycles. The van der Waals surface area contributed by atoms with Gasteiger partial charge in [-0.25, -0.2) is 4.79 Å². The highest BCUT2D eigenvalue weighted by Gasteiger charge is 2.24. The molecule has 1 heterocycles. The van der Waals surface area contributed by atoms with Crippen LogP contribution in [-0.2, 0) is 9.53 Å². The van der Waals surface area contributed by atoms with Gasteiger partial charge in [0.05, 0.1) is 24.1 Å². The van der Waals surface area contributed by atoms with Gasteiger partial charge in [0.2, 0.25) is 0 Å². The summed E-state index contributed by atoms with van der Waals surface area (Å²) in [6, 6.07) is -0.586. The highest BCUT2D eigenvalue weighted by molar-refractivity contribution is 5.72. The van der Waals surface area contributed by atoms with E-state index in [1.54, 1.807) is 13.8 Å². The average Bonchev–Trinajstić information content (AvgIpc) is 2.36. The Balaban J connectivity index is 3.16. The lowest BCUT2D eigenvalue weighted by Gasteiger charge is -2.19. The van der Waals surface area contributed by atoms with Crippen molar-refractivity contribution in [3.8, 4) is 0 Å². The monoisotopic (exact) mass is 255 g/mol. The molecule has 1 rings (SSSR count). The first-order chi connectivity index (χ1) is 8.38. The number of nitrogens with zero attached hydrogens (tertiary/aromatic N) is 3. The van der Waals surface area contributed by atoms with Gasteiger partial charge < -0.3 is 4.74 Å². The lowest BCUT2D eigenvalue weighted by molar-refractivity contribution is -0.385. The van der Waals surface area contributed by atoms with Gasteiger partial charge in [0.15, 0.2) is 0 Å². The number of hydrogen-bond donors (Lipinski definition) is 0. The number of carbonyl (C=O) groups excluding carboxylic acids is 1. The van der Waals surface area contributed by atoms with Crippen molar-refractivity contribution < 1.29 is 14.5 Å². The minimum atomic E-state index is -0.654. The van der Waals surface area contributed by atoms with Gasteiger partial charge in [-0.15, -0.1) is 0 Å². The first kappa shape index (κ1) is 13.8. The second kappa shape index (κ2) is 5.39. The van der Waals surface area contributed by atoms with Gasteiger partial charge in [0, 0.05) is 6.04 Å². The van der Waals surface area contributed by atoms with Crippen molar-refractivity contribution in [3.63, 3.8) is 0 Å².